The third kappa shape index (κ3) is 1.71. The first-order valence-electron chi connectivity index (χ1n) is 5.93. The Kier molecular flexibility index (Phi) is 3.74. The highest BCUT2D eigenvalue weighted by atomic mass is 16.5. The van der Waals surface area contributed by atoms with E-state index in [1.807, 2.05) is 0 Å². The molecule has 1 rings (SSSR count). The van der Waals surface area contributed by atoms with E-state index < -0.39 is 35.0 Å². The quantitative estimate of drug-likeness (QED) is 0.590. The second-order valence-electron chi connectivity index (χ2n) is 5.35. The zero-order chi connectivity index (χ0) is 14.3. The Morgan fingerprint density at radius 1 is 1.50 bits per heavy atom. The molecule has 0 saturated carbocycles. The lowest BCUT2D eigenvalue weighted by atomic mass is 9.71. The molecule has 1 aliphatic heterocycles. The van der Waals surface area contributed by atoms with Crippen molar-refractivity contribution < 1.29 is 24.5 Å². The van der Waals surface area contributed by atoms with Crippen LogP contribution in [0.1, 0.15) is 27.7 Å². The van der Waals surface area contributed by atoms with Crippen LogP contribution in [0.15, 0.2) is 0 Å². The summed E-state index contributed by atoms with van der Waals surface area (Å²) in [5.41, 5.74) is -3.55. The zero-order valence-electron chi connectivity index (χ0n) is 11.4. The molecule has 0 aromatic carbocycles. The number of carbonyl (C=O) groups excluding carboxylic acids is 2. The summed E-state index contributed by atoms with van der Waals surface area (Å²) in [5, 5.41) is 23.2. The van der Waals surface area contributed by atoms with E-state index in [1.54, 1.807) is 13.8 Å². The predicted octanol–water partition coefficient (Wildman–Crippen LogP) is -0.568. The number of esters is 1. The number of carbonyl (C=O) groups is 2. The third-order valence-corrected chi connectivity index (χ3v) is 3.94. The summed E-state index contributed by atoms with van der Waals surface area (Å²) in [6.07, 6.45) is -1.24. The molecule has 6 heteroatoms. The van der Waals surface area contributed by atoms with Gasteiger partial charge in [0.05, 0.1) is 19.1 Å². The fraction of sp³-hybridized carbons (Fsp3) is 0.833. The topological polar surface area (TPSA) is 95.9 Å². The molecule has 0 unspecified atom stereocenters. The van der Waals surface area contributed by atoms with E-state index in [0.29, 0.717) is 0 Å². The maximum absolute atomic E-state index is 12.0. The molecule has 1 fully saturated rings. The van der Waals surface area contributed by atoms with Crippen molar-refractivity contribution in [3.8, 4) is 0 Å². The molecular weight excluding hydrogens is 238 g/mol. The summed E-state index contributed by atoms with van der Waals surface area (Å²) in [6, 6.07) is 0. The highest BCUT2D eigenvalue weighted by Crippen LogP contribution is 2.41. The van der Waals surface area contributed by atoms with Gasteiger partial charge in [-0.15, -0.1) is 0 Å². The van der Waals surface area contributed by atoms with Crippen molar-refractivity contribution in [3.63, 3.8) is 0 Å². The number of rotatable bonds is 3. The van der Waals surface area contributed by atoms with Crippen molar-refractivity contribution in [3.05, 3.63) is 0 Å². The number of hydrogen-bond donors (Lipinski definition) is 3. The summed E-state index contributed by atoms with van der Waals surface area (Å²) in [7, 11) is 1.16. The monoisotopic (exact) mass is 259 g/mol. The normalized spacial score (nSPS) is 37.6. The van der Waals surface area contributed by atoms with Crippen LogP contribution in [0.2, 0.25) is 0 Å². The van der Waals surface area contributed by atoms with Gasteiger partial charge in [-0.25, -0.2) is 4.79 Å². The highest BCUT2D eigenvalue weighted by molar-refractivity contribution is 5.96. The van der Waals surface area contributed by atoms with Crippen molar-refractivity contribution >= 4 is 11.9 Å². The van der Waals surface area contributed by atoms with Crippen molar-refractivity contribution in [1.82, 2.24) is 5.32 Å². The molecule has 0 aromatic heterocycles. The second-order valence-corrected chi connectivity index (χ2v) is 5.35. The molecule has 1 saturated heterocycles. The minimum Gasteiger partial charge on any atom is -0.467 e. The first-order chi connectivity index (χ1) is 8.12. The van der Waals surface area contributed by atoms with Crippen LogP contribution in [-0.4, -0.2) is 46.4 Å². The Balaban J connectivity index is 3.39. The standard InChI is InChI=1S/C12H21NO5/c1-6(2)8(14)12(10(16)18-5)11(4,17)7(3)9(15)13-12/h6-8,14,17H,1-5H3,(H,13,15)/t7-,8+,11+,12+/m1/s1. The number of aliphatic hydroxyl groups excluding tert-OH is 1. The van der Waals surface area contributed by atoms with Gasteiger partial charge >= 0.3 is 5.97 Å². The Hall–Kier alpha value is -1.14. The van der Waals surface area contributed by atoms with Crippen LogP contribution in [0.3, 0.4) is 0 Å². The zero-order valence-corrected chi connectivity index (χ0v) is 11.4. The lowest BCUT2D eigenvalue weighted by molar-refractivity contribution is -0.173. The van der Waals surface area contributed by atoms with Gasteiger partial charge in [0, 0.05) is 0 Å². The van der Waals surface area contributed by atoms with Gasteiger partial charge in [0.2, 0.25) is 5.91 Å². The molecule has 6 nitrogen and oxygen atoms in total. The lowest BCUT2D eigenvalue weighted by Gasteiger charge is -2.42. The molecule has 0 aliphatic carbocycles. The number of ether oxygens (including phenoxy) is 1. The number of nitrogens with one attached hydrogen (secondary N) is 1. The van der Waals surface area contributed by atoms with E-state index in [4.69, 9.17) is 0 Å². The van der Waals surface area contributed by atoms with Crippen molar-refractivity contribution in [1.29, 1.82) is 0 Å². The van der Waals surface area contributed by atoms with Gasteiger partial charge in [0.25, 0.3) is 0 Å². The fourth-order valence-corrected chi connectivity index (χ4v) is 2.44. The SMILES string of the molecule is COC(=O)[C@]1([C@@H](O)C(C)C)NC(=O)[C@@H](C)[C@]1(C)O. The Morgan fingerprint density at radius 2 is 2.00 bits per heavy atom. The maximum Gasteiger partial charge on any atom is 0.337 e. The minimum atomic E-state index is -1.83. The average molecular weight is 259 g/mol. The summed E-state index contributed by atoms with van der Waals surface area (Å²) < 4.78 is 4.67. The van der Waals surface area contributed by atoms with Gasteiger partial charge in [-0.1, -0.05) is 20.8 Å². The first kappa shape index (κ1) is 14.9. The van der Waals surface area contributed by atoms with Crippen LogP contribution in [-0.2, 0) is 14.3 Å². The van der Waals surface area contributed by atoms with E-state index >= 15 is 0 Å². The third-order valence-electron chi connectivity index (χ3n) is 3.94. The predicted molar refractivity (Wildman–Crippen MR) is 63.5 cm³/mol. The number of methoxy groups -OCH3 is 1. The minimum absolute atomic E-state index is 0.332. The molecule has 1 amide bonds. The van der Waals surface area contributed by atoms with Crippen LogP contribution in [0.25, 0.3) is 0 Å². The van der Waals surface area contributed by atoms with E-state index in [0.717, 1.165) is 7.11 Å². The van der Waals surface area contributed by atoms with Gasteiger partial charge in [-0.05, 0) is 12.8 Å². The summed E-state index contributed by atoms with van der Waals surface area (Å²) >= 11 is 0. The van der Waals surface area contributed by atoms with E-state index in [9.17, 15) is 19.8 Å². The number of amides is 1. The summed E-state index contributed by atoms with van der Waals surface area (Å²) in [4.78, 5) is 23.8. The number of hydrogen-bond acceptors (Lipinski definition) is 5. The van der Waals surface area contributed by atoms with Gasteiger partial charge in [0.1, 0.15) is 5.60 Å². The second kappa shape index (κ2) is 4.51. The molecular formula is C12H21NO5. The molecule has 104 valence electrons. The van der Waals surface area contributed by atoms with Crippen molar-refractivity contribution in [2.75, 3.05) is 7.11 Å². The molecule has 1 aliphatic rings. The van der Waals surface area contributed by atoms with Crippen LogP contribution >= 0.6 is 0 Å². The highest BCUT2D eigenvalue weighted by Gasteiger charge is 2.68. The molecule has 0 bridgehead atoms. The molecule has 0 radical (unpaired) electrons. The fourth-order valence-electron chi connectivity index (χ4n) is 2.44. The van der Waals surface area contributed by atoms with Crippen molar-refractivity contribution in [2.45, 2.75) is 44.9 Å². The first-order valence-corrected chi connectivity index (χ1v) is 5.93. The lowest BCUT2D eigenvalue weighted by Crippen LogP contribution is -2.70. The molecule has 3 N–H and O–H groups in total. The van der Waals surface area contributed by atoms with Crippen LogP contribution in [0.4, 0.5) is 0 Å². The number of aliphatic hydroxyl groups is 2. The molecule has 18 heavy (non-hydrogen) atoms. The molecule has 0 spiro atoms. The summed E-state index contributed by atoms with van der Waals surface area (Å²) in [5.74, 6) is -2.47. The molecule has 1 heterocycles. The van der Waals surface area contributed by atoms with Gasteiger partial charge in [-0.3, -0.25) is 4.79 Å². The molecule has 0 aromatic rings. The van der Waals surface area contributed by atoms with Crippen molar-refractivity contribution in [2.24, 2.45) is 11.8 Å². The maximum atomic E-state index is 12.0. The van der Waals surface area contributed by atoms with Crippen LogP contribution < -0.4 is 5.32 Å². The Labute approximate surface area is 106 Å². The van der Waals surface area contributed by atoms with Crippen LogP contribution in [0.5, 0.6) is 0 Å². The van der Waals surface area contributed by atoms with Gasteiger partial charge in [0.15, 0.2) is 5.54 Å². The van der Waals surface area contributed by atoms with E-state index in [1.165, 1.54) is 13.8 Å². The van der Waals surface area contributed by atoms with Crippen LogP contribution in [0, 0.1) is 11.8 Å². The molecule has 4 atom stereocenters. The van der Waals surface area contributed by atoms with E-state index in [-0.39, 0.29) is 5.92 Å². The Bertz CT molecular complexity index is 365. The largest absolute Gasteiger partial charge is 0.467 e. The van der Waals surface area contributed by atoms with E-state index in [2.05, 4.69) is 10.1 Å². The summed E-state index contributed by atoms with van der Waals surface area (Å²) in [6.45, 7) is 6.26. The average Bonchev–Trinajstić information content (AvgIpc) is 2.48. The smallest absolute Gasteiger partial charge is 0.337 e. The Morgan fingerprint density at radius 3 is 2.28 bits per heavy atom. The van der Waals surface area contributed by atoms with Gasteiger partial charge in [-0.2, -0.15) is 0 Å². The van der Waals surface area contributed by atoms with Gasteiger partial charge < -0.3 is 20.3 Å².